The van der Waals surface area contributed by atoms with Crippen LogP contribution in [-0.4, -0.2) is 39.2 Å². The van der Waals surface area contributed by atoms with Gasteiger partial charge in [0.05, 0.1) is 28.5 Å². The summed E-state index contributed by atoms with van der Waals surface area (Å²) in [5, 5.41) is 3.00. The molecule has 174 valence electrons. The van der Waals surface area contributed by atoms with Crippen LogP contribution in [0.4, 0.5) is 14.5 Å². The van der Waals surface area contributed by atoms with Gasteiger partial charge in [0, 0.05) is 43.8 Å². The summed E-state index contributed by atoms with van der Waals surface area (Å²) in [4.78, 5) is 33.7. The minimum Gasteiger partial charge on any atom is -0.348 e. The maximum Gasteiger partial charge on any atom is 0.256 e. The number of imidazole rings is 1. The van der Waals surface area contributed by atoms with Gasteiger partial charge < -0.3 is 14.6 Å². The zero-order chi connectivity index (χ0) is 24.2. The fraction of sp³-hybridized carbons (Fsp3) is 0.167. The van der Waals surface area contributed by atoms with Gasteiger partial charge in [0.15, 0.2) is 0 Å². The lowest BCUT2D eigenvalue weighted by Gasteiger charge is -2.22. The summed E-state index contributed by atoms with van der Waals surface area (Å²) >= 11 is 6.28. The Morgan fingerprint density at radius 1 is 1.15 bits per heavy atom. The van der Waals surface area contributed by atoms with E-state index in [1.807, 2.05) is 28.9 Å². The van der Waals surface area contributed by atoms with E-state index in [0.29, 0.717) is 23.4 Å². The van der Waals surface area contributed by atoms with Crippen molar-refractivity contribution in [1.29, 1.82) is 0 Å². The predicted octanol–water partition coefficient (Wildman–Crippen LogP) is 4.60. The van der Waals surface area contributed by atoms with Crippen molar-refractivity contribution in [3.05, 3.63) is 83.4 Å². The maximum atomic E-state index is 12.8. The Labute approximate surface area is 199 Å². The first-order chi connectivity index (χ1) is 16.3. The van der Waals surface area contributed by atoms with Gasteiger partial charge in [-0.25, -0.2) is 13.8 Å². The second kappa shape index (κ2) is 9.96. The molecule has 4 rings (SSSR count). The number of amides is 2. The Balaban J connectivity index is 1.44. The Morgan fingerprint density at radius 2 is 1.97 bits per heavy atom. The summed E-state index contributed by atoms with van der Waals surface area (Å²) in [6, 6.07) is 11.8. The molecule has 0 unspecified atom stereocenters. The van der Waals surface area contributed by atoms with Crippen LogP contribution < -0.4 is 10.2 Å². The molecule has 34 heavy (non-hydrogen) atoms. The number of fused-ring (bicyclic) bond motifs is 1. The van der Waals surface area contributed by atoms with E-state index in [2.05, 4.69) is 15.3 Å². The van der Waals surface area contributed by atoms with E-state index < -0.39 is 18.9 Å². The van der Waals surface area contributed by atoms with Crippen LogP contribution in [0.25, 0.3) is 16.9 Å². The van der Waals surface area contributed by atoms with Crippen LogP contribution in [0.5, 0.6) is 0 Å². The van der Waals surface area contributed by atoms with E-state index in [1.165, 1.54) is 19.2 Å². The Bertz CT molecular complexity index is 1340. The number of pyridine rings is 2. The molecule has 0 saturated carbocycles. The highest BCUT2D eigenvalue weighted by molar-refractivity contribution is 6.34. The highest BCUT2D eigenvalue weighted by Crippen LogP contribution is 2.31. The normalized spacial score (nSPS) is 11.1. The predicted molar refractivity (Wildman–Crippen MR) is 125 cm³/mol. The molecule has 2 amide bonds. The average Bonchev–Trinajstić information content (AvgIpc) is 3.29. The number of halogens is 3. The van der Waals surface area contributed by atoms with E-state index >= 15 is 0 Å². The summed E-state index contributed by atoms with van der Waals surface area (Å²) < 4.78 is 27.5. The first kappa shape index (κ1) is 23.3. The molecule has 1 aromatic carbocycles. The molecule has 0 aliphatic carbocycles. The summed E-state index contributed by atoms with van der Waals surface area (Å²) in [6.07, 6.45) is 4.19. The Morgan fingerprint density at radius 3 is 2.65 bits per heavy atom. The molecule has 3 aromatic heterocycles. The molecule has 3 heterocycles. The third-order valence-electron chi connectivity index (χ3n) is 5.16. The minimum atomic E-state index is -2.69. The van der Waals surface area contributed by atoms with Gasteiger partial charge in [-0.05, 0) is 35.9 Å². The number of carbonyl (C=O) groups excluding carboxylic acids is 2. The summed E-state index contributed by atoms with van der Waals surface area (Å²) in [7, 11) is 0. The summed E-state index contributed by atoms with van der Waals surface area (Å²) in [6.45, 7) is 0.803. The topological polar surface area (TPSA) is 79.6 Å². The number of hydrogen-bond donors (Lipinski definition) is 1. The first-order valence-corrected chi connectivity index (χ1v) is 10.7. The first-order valence-electron chi connectivity index (χ1n) is 10.3. The summed E-state index contributed by atoms with van der Waals surface area (Å²) in [5.41, 5.74) is 3.49. The van der Waals surface area contributed by atoms with Crippen molar-refractivity contribution in [3.63, 3.8) is 0 Å². The highest BCUT2D eigenvalue weighted by atomic mass is 35.5. The number of aromatic nitrogens is 3. The van der Waals surface area contributed by atoms with Crippen LogP contribution in [-0.2, 0) is 11.3 Å². The second-order valence-corrected chi connectivity index (χ2v) is 7.94. The standard InChI is InChI=1S/C24H20ClF2N5O2/c1-15(33)32(14-22(26)27)21-6-4-17(10-19(21)25)20-5-3-18(12-29-20)24(34)30-11-16-2-7-23-28-8-9-31(23)13-16/h2-10,12-13,22H,11,14H2,1H3,(H,30,34). The van der Waals surface area contributed by atoms with Crippen molar-refractivity contribution in [1.82, 2.24) is 19.7 Å². The molecule has 0 radical (unpaired) electrons. The zero-order valence-electron chi connectivity index (χ0n) is 18.1. The summed E-state index contributed by atoms with van der Waals surface area (Å²) in [5.74, 6) is -0.810. The van der Waals surface area contributed by atoms with Gasteiger partial charge >= 0.3 is 0 Å². The van der Waals surface area contributed by atoms with Crippen LogP contribution in [0.15, 0.2) is 67.3 Å². The molecule has 0 bridgehead atoms. The van der Waals surface area contributed by atoms with Crippen molar-refractivity contribution in [2.45, 2.75) is 19.9 Å². The molecule has 4 aromatic rings. The van der Waals surface area contributed by atoms with Crippen LogP contribution in [0, 0.1) is 0 Å². The van der Waals surface area contributed by atoms with Crippen molar-refractivity contribution < 1.29 is 18.4 Å². The van der Waals surface area contributed by atoms with Crippen molar-refractivity contribution in [3.8, 4) is 11.3 Å². The fourth-order valence-electron chi connectivity index (χ4n) is 3.47. The largest absolute Gasteiger partial charge is 0.348 e. The van der Waals surface area contributed by atoms with E-state index in [1.54, 1.807) is 30.5 Å². The molecular weight excluding hydrogens is 464 g/mol. The number of hydrogen-bond acceptors (Lipinski definition) is 4. The van der Waals surface area contributed by atoms with Gasteiger partial charge in [-0.3, -0.25) is 14.6 Å². The molecule has 0 spiro atoms. The molecule has 0 atom stereocenters. The molecular formula is C24H20ClF2N5O2. The van der Waals surface area contributed by atoms with Gasteiger partial charge in [-0.1, -0.05) is 23.7 Å². The monoisotopic (exact) mass is 483 g/mol. The van der Waals surface area contributed by atoms with E-state index in [4.69, 9.17) is 11.6 Å². The average molecular weight is 484 g/mol. The van der Waals surface area contributed by atoms with Crippen LogP contribution in [0.1, 0.15) is 22.8 Å². The Hall–Kier alpha value is -3.85. The number of alkyl halides is 2. The van der Waals surface area contributed by atoms with E-state index in [9.17, 15) is 18.4 Å². The van der Waals surface area contributed by atoms with Crippen LogP contribution >= 0.6 is 11.6 Å². The second-order valence-electron chi connectivity index (χ2n) is 7.53. The lowest BCUT2D eigenvalue weighted by molar-refractivity contribution is -0.117. The van der Waals surface area contributed by atoms with E-state index in [-0.39, 0.29) is 16.6 Å². The van der Waals surface area contributed by atoms with Crippen molar-refractivity contribution in [2.24, 2.45) is 0 Å². The highest BCUT2D eigenvalue weighted by Gasteiger charge is 2.20. The quantitative estimate of drug-likeness (QED) is 0.416. The lowest BCUT2D eigenvalue weighted by Crippen LogP contribution is -2.33. The Kier molecular flexibility index (Phi) is 6.83. The SMILES string of the molecule is CC(=O)N(CC(F)F)c1ccc(-c2ccc(C(=O)NCc3ccc4nccn4c3)cn2)cc1Cl. The van der Waals surface area contributed by atoms with E-state index in [0.717, 1.165) is 16.1 Å². The molecule has 0 fully saturated rings. The number of carbonyl (C=O) groups is 2. The van der Waals surface area contributed by atoms with Crippen molar-refractivity contribution in [2.75, 3.05) is 11.4 Å². The van der Waals surface area contributed by atoms with Crippen LogP contribution in [0.2, 0.25) is 5.02 Å². The molecule has 10 heteroatoms. The van der Waals surface area contributed by atoms with Gasteiger partial charge in [0.2, 0.25) is 5.91 Å². The van der Waals surface area contributed by atoms with Gasteiger partial charge in [0.25, 0.3) is 12.3 Å². The third kappa shape index (κ3) is 5.20. The van der Waals surface area contributed by atoms with Gasteiger partial charge in [0.1, 0.15) is 5.65 Å². The lowest BCUT2D eigenvalue weighted by atomic mass is 10.1. The molecule has 0 saturated heterocycles. The zero-order valence-corrected chi connectivity index (χ0v) is 18.8. The number of nitrogens with zero attached hydrogens (tertiary/aromatic N) is 4. The van der Waals surface area contributed by atoms with Crippen LogP contribution in [0.3, 0.4) is 0 Å². The fourth-order valence-corrected chi connectivity index (χ4v) is 3.76. The number of benzene rings is 1. The smallest absolute Gasteiger partial charge is 0.256 e. The molecule has 0 aliphatic rings. The van der Waals surface area contributed by atoms with Gasteiger partial charge in [-0.2, -0.15) is 0 Å². The number of rotatable bonds is 7. The molecule has 1 N–H and O–H groups in total. The molecule has 0 aliphatic heterocycles. The van der Waals surface area contributed by atoms with Crippen molar-refractivity contribution >= 4 is 34.7 Å². The third-order valence-corrected chi connectivity index (χ3v) is 5.47. The number of anilines is 1. The molecule has 7 nitrogen and oxygen atoms in total. The minimum absolute atomic E-state index is 0.145. The van der Waals surface area contributed by atoms with Gasteiger partial charge in [-0.15, -0.1) is 0 Å². The number of nitrogens with one attached hydrogen (secondary N) is 1. The maximum absolute atomic E-state index is 12.8.